The van der Waals surface area contributed by atoms with Crippen molar-refractivity contribution < 1.29 is 23.4 Å². The number of aryl methyl sites for hydroxylation is 1. The topological polar surface area (TPSA) is 58.6 Å². The van der Waals surface area contributed by atoms with E-state index in [4.69, 9.17) is 4.74 Å². The van der Waals surface area contributed by atoms with Gasteiger partial charge in [-0.15, -0.1) is 0 Å². The lowest BCUT2D eigenvalue weighted by atomic mass is 9.97. The van der Waals surface area contributed by atoms with E-state index in [0.29, 0.717) is 51.7 Å². The normalized spacial score (nSPS) is 13.1. The molecular weight excluding hydrogens is 412 g/mol. The minimum Gasteiger partial charge on any atom is -0.492 e. The number of amides is 1. The largest absolute Gasteiger partial charge is 0.492 e. The van der Waals surface area contributed by atoms with Crippen LogP contribution in [-0.4, -0.2) is 17.6 Å². The van der Waals surface area contributed by atoms with Gasteiger partial charge in [0.1, 0.15) is 17.4 Å². The highest BCUT2D eigenvalue weighted by molar-refractivity contribution is 5.98. The number of carbonyl (C=O) groups is 1. The fraction of sp³-hybridized carbons (Fsp3) is 0.269. The van der Waals surface area contributed by atoms with Gasteiger partial charge in [-0.1, -0.05) is 24.3 Å². The van der Waals surface area contributed by atoms with Crippen LogP contribution < -0.4 is 10.1 Å². The molecule has 0 aromatic heterocycles. The van der Waals surface area contributed by atoms with Crippen molar-refractivity contribution in [1.82, 2.24) is 5.32 Å². The van der Waals surface area contributed by atoms with Crippen molar-refractivity contribution in [2.45, 2.75) is 32.9 Å². The van der Waals surface area contributed by atoms with E-state index in [0.717, 1.165) is 12.8 Å². The predicted molar refractivity (Wildman–Crippen MR) is 118 cm³/mol. The van der Waals surface area contributed by atoms with Gasteiger partial charge in [0.2, 0.25) is 0 Å². The number of halogens is 2. The van der Waals surface area contributed by atoms with Crippen LogP contribution in [0.15, 0.2) is 54.6 Å². The molecule has 0 spiro atoms. The molecular formula is C26H25F2NO3. The summed E-state index contributed by atoms with van der Waals surface area (Å²) < 4.78 is 33.3. The third kappa shape index (κ3) is 5.14. The van der Waals surface area contributed by atoms with Crippen molar-refractivity contribution in [1.29, 1.82) is 0 Å². The van der Waals surface area contributed by atoms with E-state index in [1.54, 1.807) is 43.3 Å². The van der Waals surface area contributed by atoms with Gasteiger partial charge in [-0.3, -0.25) is 4.79 Å². The maximum Gasteiger partial charge on any atom is 0.255 e. The van der Waals surface area contributed by atoms with Crippen LogP contribution in [0.1, 0.15) is 39.9 Å². The Kier molecular flexibility index (Phi) is 6.51. The molecule has 3 aromatic carbocycles. The molecule has 0 radical (unpaired) electrons. The molecule has 0 unspecified atom stereocenters. The number of aliphatic hydroxyl groups is 1. The van der Waals surface area contributed by atoms with Crippen molar-refractivity contribution >= 4 is 5.91 Å². The Labute approximate surface area is 185 Å². The summed E-state index contributed by atoms with van der Waals surface area (Å²) >= 11 is 0. The smallest absolute Gasteiger partial charge is 0.255 e. The molecule has 1 saturated carbocycles. The number of carbonyl (C=O) groups excluding carboxylic acids is 1. The van der Waals surface area contributed by atoms with Crippen LogP contribution in [-0.2, 0) is 13.2 Å². The zero-order chi connectivity index (χ0) is 22.7. The summed E-state index contributed by atoms with van der Waals surface area (Å²) in [6.07, 6.45) is 2.24. The molecule has 0 aliphatic heterocycles. The number of hydrogen-bond donors (Lipinski definition) is 2. The predicted octanol–water partition coefficient (Wildman–Crippen LogP) is 5.15. The van der Waals surface area contributed by atoms with Crippen LogP contribution >= 0.6 is 0 Å². The number of aliphatic hydroxyl groups excluding tert-OH is 1. The number of nitrogens with one attached hydrogen (secondary N) is 1. The van der Waals surface area contributed by atoms with Crippen LogP contribution in [0.25, 0.3) is 11.1 Å². The van der Waals surface area contributed by atoms with Gasteiger partial charge < -0.3 is 15.2 Å². The molecule has 3 aromatic rings. The Morgan fingerprint density at radius 3 is 2.62 bits per heavy atom. The Balaban J connectivity index is 1.61. The Morgan fingerprint density at radius 2 is 1.91 bits per heavy atom. The monoisotopic (exact) mass is 437 g/mol. The molecule has 2 N–H and O–H groups in total. The van der Waals surface area contributed by atoms with E-state index in [1.165, 1.54) is 18.2 Å². The van der Waals surface area contributed by atoms with Gasteiger partial charge in [0.05, 0.1) is 18.8 Å². The molecule has 1 aliphatic rings. The van der Waals surface area contributed by atoms with Crippen molar-refractivity contribution in [2.24, 2.45) is 5.92 Å². The highest BCUT2D eigenvalue weighted by atomic mass is 19.1. The summed E-state index contributed by atoms with van der Waals surface area (Å²) in [5.41, 5.74) is 3.26. The summed E-state index contributed by atoms with van der Waals surface area (Å²) in [5, 5.41) is 12.5. The first-order valence-corrected chi connectivity index (χ1v) is 10.6. The highest BCUT2D eigenvalue weighted by Gasteiger charge is 2.23. The quantitative estimate of drug-likeness (QED) is 0.512. The lowest BCUT2D eigenvalue weighted by molar-refractivity contribution is 0.0946. The summed E-state index contributed by atoms with van der Waals surface area (Å²) in [7, 11) is 0. The average molecular weight is 437 g/mol. The first kappa shape index (κ1) is 22.0. The van der Waals surface area contributed by atoms with Gasteiger partial charge >= 0.3 is 0 Å². The molecule has 6 heteroatoms. The third-order valence-electron chi connectivity index (χ3n) is 5.63. The average Bonchev–Trinajstić information content (AvgIpc) is 3.62. The van der Waals surface area contributed by atoms with E-state index < -0.39 is 5.82 Å². The molecule has 32 heavy (non-hydrogen) atoms. The molecule has 1 aliphatic carbocycles. The van der Waals surface area contributed by atoms with E-state index in [2.05, 4.69) is 5.32 Å². The fourth-order valence-corrected chi connectivity index (χ4v) is 3.49. The summed E-state index contributed by atoms with van der Waals surface area (Å²) in [6, 6.07) is 14.2. The molecule has 1 fully saturated rings. The summed E-state index contributed by atoms with van der Waals surface area (Å²) in [4.78, 5) is 13.0. The zero-order valence-corrected chi connectivity index (χ0v) is 17.8. The second-order valence-electron chi connectivity index (χ2n) is 8.19. The minimum absolute atomic E-state index is 0.167. The van der Waals surface area contributed by atoms with Crippen LogP contribution in [0, 0.1) is 24.5 Å². The third-order valence-corrected chi connectivity index (χ3v) is 5.63. The Hall–Kier alpha value is -3.25. The number of benzene rings is 3. The lowest BCUT2D eigenvalue weighted by Gasteiger charge is -2.15. The van der Waals surface area contributed by atoms with Crippen LogP contribution in [0.3, 0.4) is 0 Å². The molecule has 166 valence electrons. The van der Waals surface area contributed by atoms with E-state index >= 15 is 0 Å². The highest BCUT2D eigenvalue weighted by Crippen LogP contribution is 2.33. The van der Waals surface area contributed by atoms with Gasteiger partial charge in [0.25, 0.3) is 5.91 Å². The summed E-state index contributed by atoms with van der Waals surface area (Å²) in [5.74, 6) is -0.142. The molecule has 1 amide bonds. The first-order valence-electron chi connectivity index (χ1n) is 10.6. The second kappa shape index (κ2) is 9.49. The standard InChI is InChI=1S/C26H25F2NO3/c1-16-2-3-18(10-24(16)28)13-29-26(31)23-12-19(6-9-25(23)32-15-17-4-5-17)22-8-7-21(27)11-20(22)14-30/h2-3,6-12,17,30H,4-5,13-15H2,1H3,(H,29,31). The van der Waals surface area contributed by atoms with Crippen molar-refractivity contribution in [3.05, 3.63) is 88.5 Å². The van der Waals surface area contributed by atoms with Crippen LogP contribution in [0.4, 0.5) is 8.78 Å². The van der Waals surface area contributed by atoms with Crippen molar-refractivity contribution in [3.8, 4) is 16.9 Å². The lowest BCUT2D eigenvalue weighted by Crippen LogP contribution is -2.24. The van der Waals surface area contributed by atoms with Crippen molar-refractivity contribution in [3.63, 3.8) is 0 Å². The van der Waals surface area contributed by atoms with Crippen LogP contribution in [0.2, 0.25) is 0 Å². The molecule has 0 atom stereocenters. The second-order valence-corrected chi connectivity index (χ2v) is 8.19. The maximum absolute atomic E-state index is 13.8. The zero-order valence-electron chi connectivity index (χ0n) is 17.8. The number of rotatable bonds is 8. The Bertz CT molecular complexity index is 1140. The van der Waals surface area contributed by atoms with Gasteiger partial charge in [-0.25, -0.2) is 8.78 Å². The van der Waals surface area contributed by atoms with Gasteiger partial charge in [0, 0.05) is 6.54 Å². The van der Waals surface area contributed by atoms with Crippen LogP contribution in [0.5, 0.6) is 5.75 Å². The van der Waals surface area contributed by atoms with Gasteiger partial charge in [-0.05, 0) is 83.8 Å². The minimum atomic E-state index is -0.439. The van der Waals surface area contributed by atoms with Gasteiger partial charge in [-0.2, -0.15) is 0 Å². The van der Waals surface area contributed by atoms with E-state index in [9.17, 15) is 18.7 Å². The maximum atomic E-state index is 13.8. The molecule has 4 rings (SSSR count). The molecule has 0 bridgehead atoms. The molecule has 4 nitrogen and oxygen atoms in total. The SMILES string of the molecule is Cc1ccc(CNC(=O)c2cc(-c3ccc(F)cc3CO)ccc2OCC2CC2)cc1F. The van der Waals surface area contributed by atoms with E-state index in [1.807, 2.05) is 0 Å². The molecule has 0 heterocycles. The molecule has 0 saturated heterocycles. The van der Waals surface area contributed by atoms with Gasteiger partial charge in [0.15, 0.2) is 0 Å². The Morgan fingerprint density at radius 1 is 1.09 bits per heavy atom. The van der Waals surface area contributed by atoms with Crippen molar-refractivity contribution in [2.75, 3.05) is 6.61 Å². The fourth-order valence-electron chi connectivity index (χ4n) is 3.49. The van der Waals surface area contributed by atoms with E-state index in [-0.39, 0.29) is 24.9 Å². The number of hydrogen-bond acceptors (Lipinski definition) is 3. The number of ether oxygens (including phenoxy) is 1. The summed E-state index contributed by atoms with van der Waals surface area (Å²) in [6.45, 7) is 2.07. The first-order chi connectivity index (χ1) is 15.4.